The molecule has 80 valence electrons. The summed E-state index contributed by atoms with van der Waals surface area (Å²) in [6.07, 6.45) is 0. The second-order valence-electron chi connectivity index (χ2n) is 3.47. The maximum Gasteiger partial charge on any atom is 0.189 e. The summed E-state index contributed by atoms with van der Waals surface area (Å²) in [6, 6.07) is 8.87. The fourth-order valence-electron chi connectivity index (χ4n) is 1.71. The average Bonchev–Trinajstić information content (AvgIpc) is 2.32. The quantitative estimate of drug-likeness (QED) is 0.429. The highest BCUT2D eigenvalue weighted by atomic mass is 16.1. The number of fused-ring (bicyclic) bond motifs is 1. The summed E-state index contributed by atoms with van der Waals surface area (Å²) in [7, 11) is 1.85. The summed E-state index contributed by atoms with van der Waals surface area (Å²) >= 11 is 0. The van der Waals surface area contributed by atoms with Crippen LogP contribution in [0.4, 0.5) is 0 Å². The van der Waals surface area contributed by atoms with Crippen molar-refractivity contribution in [2.24, 2.45) is 12.2 Å². The lowest BCUT2D eigenvalue weighted by atomic mass is 10.2. The number of hydrogen-bond acceptors (Lipinski definition) is 2. The zero-order chi connectivity index (χ0) is 11.5. The second kappa shape index (κ2) is 4.08. The van der Waals surface area contributed by atoms with Crippen LogP contribution in [0.15, 0.2) is 40.2 Å². The molecule has 0 amide bonds. The predicted octanol–water partition coefficient (Wildman–Crippen LogP) is 2.35. The Hall–Kier alpha value is -2.26. The second-order valence-corrected chi connectivity index (χ2v) is 3.47. The molecule has 0 atom stereocenters. The van der Waals surface area contributed by atoms with Crippen molar-refractivity contribution in [1.82, 2.24) is 4.57 Å². The zero-order valence-corrected chi connectivity index (χ0v) is 8.79. The van der Waals surface area contributed by atoms with Gasteiger partial charge in [0.25, 0.3) is 0 Å². The molecule has 1 heterocycles. The van der Waals surface area contributed by atoms with Crippen molar-refractivity contribution >= 4 is 10.9 Å². The molecule has 1 aromatic heterocycles. The molecule has 0 aliphatic carbocycles. The Labute approximate surface area is 91.6 Å². The first-order chi connectivity index (χ1) is 7.74. The van der Waals surface area contributed by atoms with E-state index in [9.17, 15) is 4.79 Å². The normalized spacial score (nSPS) is 10.1. The fraction of sp³-hybridized carbons (Fsp3) is 0.182. The van der Waals surface area contributed by atoms with E-state index in [4.69, 9.17) is 5.53 Å². The first-order valence-corrected chi connectivity index (χ1v) is 4.82. The molecule has 16 heavy (non-hydrogen) atoms. The molecule has 0 aliphatic heterocycles. The van der Waals surface area contributed by atoms with Crippen molar-refractivity contribution in [2.75, 3.05) is 0 Å². The molecular formula is C11H10N4O. The highest BCUT2D eigenvalue weighted by Gasteiger charge is 2.04. The van der Waals surface area contributed by atoms with Gasteiger partial charge in [0.1, 0.15) is 0 Å². The van der Waals surface area contributed by atoms with Crippen LogP contribution in [0.2, 0.25) is 0 Å². The minimum atomic E-state index is -0.0446. The predicted molar refractivity (Wildman–Crippen MR) is 62.0 cm³/mol. The van der Waals surface area contributed by atoms with Gasteiger partial charge >= 0.3 is 0 Å². The van der Waals surface area contributed by atoms with Gasteiger partial charge in [-0.3, -0.25) is 4.79 Å². The summed E-state index contributed by atoms with van der Waals surface area (Å²) in [5.41, 5.74) is 9.78. The molecule has 2 aromatic rings. The monoisotopic (exact) mass is 214 g/mol. The van der Waals surface area contributed by atoms with Crippen LogP contribution in [0, 0.1) is 0 Å². The summed E-state index contributed by atoms with van der Waals surface area (Å²) in [5, 5.41) is 4.15. The van der Waals surface area contributed by atoms with Crippen LogP contribution in [-0.2, 0) is 13.6 Å². The smallest absolute Gasteiger partial charge is 0.189 e. The molecule has 0 spiro atoms. The van der Waals surface area contributed by atoms with Crippen molar-refractivity contribution in [3.8, 4) is 0 Å². The summed E-state index contributed by atoms with van der Waals surface area (Å²) in [5.74, 6) is 0. The maximum atomic E-state index is 11.8. The van der Waals surface area contributed by atoms with Crippen molar-refractivity contribution in [3.63, 3.8) is 0 Å². The number of hydrogen-bond donors (Lipinski definition) is 0. The Morgan fingerprint density at radius 3 is 2.94 bits per heavy atom. The standard InChI is InChI=1S/C11H10N4O/c1-15-8(7-13-14-12)6-11(16)9-4-2-3-5-10(9)15/h2-6H,7H2,1H3. The first kappa shape index (κ1) is 10.3. The maximum absolute atomic E-state index is 11.8. The van der Waals surface area contributed by atoms with Gasteiger partial charge < -0.3 is 4.57 Å². The van der Waals surface area contributed by atoms with E-state index < -0.39 is 0 Å². The van der Waals surface area contributed by atoms with Crippen molar-refractivity contribution in [1.29, 1.82) is 0 Å². The SMILES string of the molecule is Cn1c(CN=[N+]=[N-])cc(=O)c2ccccc21. The number of benzene rings is 1. The largest absolute Gasteiger partial charge is 0.347 e. The lowest BCUT2D eigenvalue weighted by molar-refractivity contribution is 0.828. The van der Waals surface area contributed by atoms with Gasteiger partial charge in [0.2, 0.25) is 0 Å². The van der Waals surface area contributed by atoms with Gasteiger partial charge in [-0.05, 0) is 17.7 Å². The van der Waals surface area contributed by atoms with Crippen LogP contribution < -0.4 is 5.43 Å². The number of nitrogens with zero attached hydrogens (tertiary/aromatic N) is 4. The van der Waals surface area contributed by atoms with E-state index >= 15 is 0 Å². The van der Waals surface area contributed by atoms with Gasteiger partial charge in [0.15, 0.2) is 5.43 Å². The summed E-state index contributed by atoms with van der Waals surface area (Å²) in [6.45, 7) is 0.188. The van der Waals surface area contributed by atoms with Crippen LogP contribution >= 0.6 is 0 Å². The Morgan fingerprint density at radius 1 is 1.44 bits per heavy atom. The highest BCUT2D eigenvalue weighted by Crippen LogP contribution is 2.11. The third-order valence-electron chi connectivity index (χ3n) is 2.56. The molecule has 2 rings (SSSR count). The molecule has 0 saturated carbocycles. The van der Waals surface area contributed by atoms with Crippen molar-refractivity contribution in [2.45, 2.75) is 6.54 Å². The number of rotatable bonds is 2. The number of pyridine rings is 1. The summed E-state index contributed by atoms with van der Waals surface area (Å²) < 4.78 is 1.87. The molecule has 5 nitrogen and oxygen atoms in total. The number of aryl methyl sites for hydroxylation is 1. The van der Waals surface area contributed by atoms with E-state index in [0.29, 0.717) is 11.1 Å². The zero-order valence-electron chi connectivity index (χ0n) is 8.79. The number of aromatic nitrogens is 1. The Kier molecular flexibility index (Phi) is 2.62. The molecule has 0 aliphatic rings. The van der Waals surface area contributed by atoms with Gasteiger partial charge in [-0.25, -0.2) is 0 Å². The molecule has 0 bridgehead atoms. The van der Waals surface area contributed by atoms with E-state index in [1.54, 1.807) is 6.07 Å². The van der Waals surface area contributed by atoms with Gasteiger partial charge in [-0.2, -0.15) is 0 Å². The van der Waals surface area contributed by atoms with E-state index in [1.165, 1.54) is 6.07 Å². The van der Waals surface area contributed by atoms with Crippen LogP contribution in [0.25, 0.3) is 21.3 Å². The summed E-state index contributed by atoms with van der Waals surface area (Å²) in [4.78, 5) is 14.5. The fourth-order valence-corrected chi connectivity index (χ4v) is 1.71. The molecule has 0 radical (unpaired) electrons. The third-order valence-corrected chi connectivity index (χ3v) is 2.56. The first-order valence-electron chi connectivity index (χ1n) is 4.82. The molecular weight excluding hydrogens is 204 g/mol. The van der Waals surface area contributed by atoms with Gasteiger partial charge in [-0.1, -0.05) is 17.2 Å². The highest BCUT2D eigenvalue weighted by molar-refractivity contribution is 5.79. The van der Waals surface area contributed by atoms with E-state index in [0.717, 1.165) is 5.52 Å². The number of azide groups is 1. The molecule has 0 fully saturated rings. The topological polar surface area (TPSA) is 70.8 Å². The van der Waals surface area contributed by atoms with E-state index in [1.807, 2.05) is 29.8 Å². The van der Waals surface area contributed by atoms with Gasteiger partial charge in [0, 0.05) is 29.1 Å². The minimum absolute atomic E-state index is 0.0446. The minimum Gasteiger partial charge on any atom is -0.347 e. The average molecular weight is 214 g/mol. The molecule has 1 aromatic carbocycles. The van der Waals surface area contributed by atoms with Gasteiger partial charge in [-0.15, -0.1) is 0 Å². The Bertz CT molecular complexity index is 638. The van der Waals surface area contributed by atoms with Gasteiger partial charge in [0.05, 0.1) is 12.1 Å². The Morgan fingerprint density at radius 2 is 2.19 bits per heavy atom. The van der Waals surface area contributed by atoms with E-state index in [2.05, 4.69) is 10.0 Å². The van der Waals surface area contributed by atoms with Crippen molar-refractivity contribution < 1.29 is 0 Å². The molecule has 5 heteroatoms. The lowest BCUT2D eigenvalue weighted by Crippen LogP contribution is -2.10. The van der Waals surface area contributed by atoms with Crippen LogP contribution in [0.3, 0.4) is 0 Å². The van der Waals surface area contributed by atoms with Crippen LogP contribution in [-0.4, -0.2) is 4.57 Å². The Balaban J connectivity index is 2.75. The third kappa shape index (κ3) is 1.64. The molecule has 0 N–H and O–H groups in total. The molecule has 0 unspecified atom stereocenters. The van der Waals surface area contributed by atoms with Crippen LogP contribution in [0.5, 0.6) is 0 Å². The lowest BCUT2D eigenvalue weighted by Gasteiger charge is -2.09. The van der Waals surface area contributed by atoms with Crippen LogP contribution in [0.1, 0.15) is 5.69 Å². The van der Waals surface area contributed by atoms with Crippen molar-refractivity contribution in [3.05, 3.63) is 56.7 Å². The van der Waals surface area contributed by atoms with E-state index in [-0.39, 0.29) is 12.0 Å². The molecule has 0 saturated heterocycles. The number of para-hydroxylation sites is 1.